The number of aromatic nitrogens is 1. The van der Waals surface area contributed by atoms with E-state index in [2.05, 4.69) is 27.8 Å². The van der Waals surface area contributed by atoms with Gasteiger partial charge in [-0.3, -0.25) is 9.78 Å². The van der Waals surface area contributed by atoms with Crippen LogP contribution >= 0.6 is 27.7 Å². The van der Waals surface area contributed by atoms with Crippen molar-refractivity contribution in [3.05, 3.63) is 58.8 Å². The van der Waals surface area contributed by atoms with Crippen molar-refractivity contribution in [1.82, 2.24) is 4.98 Å². The van der Waals surface area contributed by atoms with Gasteiger partial charge in [0.15, 0.2) is 0 Å². The van der Waals surface area contributed by atoms with Gasteiger partial charge in [0.1, 0.15) is 0 Å². The first kappa shape index (κ1) is 20.9. The molecule has 1 amide bonds. The predicted molar refractivity (Wildman–Crippen MR) is 113 cm³/mol. The van der Waals surface area contributed by atoms with E-state index in [1.165, 1.54) is 0 Å². The molecule has 2 aromatic rings. The maximum atomic E-state index is 12.8. The number of carbonyl (C=O) groups is 1. The van der Waals surface area contributed by atoms with E-state index >= 15 is 0 Å². The number of benzene rings is 1. The first-order chi connectivity index (χ1) is 12.7. The van der Waals surface area contributed by atoms with Crippen LogP contribution in [0.4, 0.5) is 5.69 Å². The molecule has 26 heavy (non-hydrogen) atoms. The summed E-state index contributed by atoms with van der Waals surface area (Å²) in [5.41, 5.74) is 1.89. The fourth-order valence-corrected chi connectivity index (χ4v) is 3.40. The van der Waals surface area contributed by atoms with Gasteiger partial charge in [-0.05, 0) is 42.8 Å². The third-order valence-corrected chi connectivity index (χ3v) is 5.22. The van der Waals surface area contributed by atoms with Gasteiger partial charge in [-0.1, -0.05) is 35.3 Å². The number of amides is 1. The van der Waals surface area contributed by atoms with Gasteiger partial charge in [-0.25, -0.2) is 0 Å². The second kappa shape index (κ2) is 12.1. The van der Waals surface area contributed by atoms with E-state index in [0.29, 0.717) is 18.9 Å². The van der Waals surface area contributed by atoms with Crippen LogP contribution in [0, 0.1) is 0 Å². The molecule has 0 aliphatic heterocycles. The van der Waals surface area contributed by atoms with Crippen LogP contribution in [-0.4, -0.2) is 36.4 Å². The number of nitrogens with zero attached hydrogens (tertiary/aromatic N) is 2. The molecule has 2 rings (SSSR count). The van der Waals surface area contributed by atoms with Crippen molar-refractivity contribution in [2.24, 2.45) is 0 Å². The number of carbonyl (C=O) groups excluding carboxylic acids is 1. The second-order valence-electron chi connectivity index (χ2n) is 5.80. The van der Waals surface area contributed by atoms with Gasteiger partial charge in [0.2, 0.25) is 5.91 Å². The number of ether oxygens (including phenoxy) is 1. The standard InChI is InChI=1S/C20H25BrN2O2S/c1-2-3-13-25-14-12-23(19-9-7-17(21)8-10-19)20(24)16-26-15-18-6-4-5-11-22-18/h4-11H,2-3,12-16H2,1H3. The molecule has 0 radical (unpaired) electrons. The quantitative estimate of drug-likeness (QED) is 0.468. The Bertz CT molecular complexity index is 653. The van der Waals surface area contributed by atoms with E-state index in [4.69, 9.17) is 4.74 Å². The van der Waals surface area contributed by atoms with Gasteiger partial charge in [0.05, 0.1) is 18.1 Å². The molecule has 1 heterocycles. The zero-order valence-electron chi connectivity index (χ0n) is 15.1. The number of anilines is 1. The summed E-state index contributed by atoms with van der Waals surface area (Å²) >= 11 is 5.03. The van der Waals surface area contributed by atoms with Crippen molar-refractivity contribution in [1.29, 1.82) is 0 Å². The summed E-state index contributed by atoms with van der Waals surface area (Å²) in [6.07, 6.45) is 3.94. The topological polar surface area (TPSA) is 42.4 Å². The van der Waals surface area contributed by atoms with Gasteiger partial charge in [0.25, 0.3) is 0 Å². The number of rotatable bonds is 11. The highest BCUT2D eigenvalue weighted by Crippen LogP contribution is 2.20. The molecule has 0 atom stereocenters. The number of hydrogen-bond acceptors (Lipinski definition) is 4. The SMILES string of the molecule is CCCCOCCN(C(=O)CSCc1ccccn1)c1ccc(Br)cc1. The Hall–Kier alpha value is -1.37. The van der Waals surface area contributed by atoms with Crippen molar-refractivity contribution >= 4 is 39.3 Å². The average Bonchev–Trinajstić information content (AvgIpc) is 2.66. The fraction of sp³-hybridized carbons (Fsp3) is 0.400. The van der Waals surface area contributed by atoms with Crippen molar-refractivity contribution in [3.8, 4) is 0 Å². The zero-order chi connectivity index (χ0) is 18.6. The molecular weight excluding hydrogens is 412 g/mol. The monoisotopic (exact) mass is 436 g/mol. The predicted octanol–water partition coefficient (Wildman–Crippen LogP) is 4.93. The number of hydrogen-bond donors (Lipinski definition) is 0. The second-order valence-corrected chi connectivity index (χ2v) is 7.70. The summed E-state index contributed by atoms with van der Waals surface area (Å²) in [6, 6.07) is 13.7. The Morgan fingerprint density at radius 2 is 2.00 bits per heavy atom. The first-order valence-corrected chi connectivity index (χ1v) is 10.8. The van der Waals surface area contributed by atoms with E-state index in [1.807, 2.05) is 47.4 Å². The van der Waals surface area contributed by atoms with Crippen molar-refractivity contribution in [2.75, 3.05) is 30.4 Å². The van der Waals surface area contributed by atoms with Crippen LogP contribution in [0.2, 0.25) is 0 Å². The third kappa shape index (κ3) is 7.48. The summed E-state index contributed by atoms with van der Waals surface area (Å²) in [6.45, 7) is 3.99. The minimum Gasteiger partial charge on any atom is -0.380 e. The lowest BCUT2D eigenvalue weighted by atomic mass is 10.3. The highest BCUT2D eigenvalue weighted by molar-refractivity contribution is 9.10. The Balaban J connectivity index is 1.90. The van der Waals surface area contributed by atoms with Crippen LogP contribution in [0.15, 0.2) is 53.1 Å². The molecule has 1 aromatic carbocycles. The Kier molecular flexibility index (Phi) is 9.74. The fourth-order valence-electron chi connectivity index (χ4n) is 2.33. The molecule has 0 spiro atoms. The van der Waals surface area contributed by atoms with Crippen LogP contribution in [0.5, 0.6) is 0 Å². The molecule has 0 unspecified atom stereocenters. The summed E-state index contributed by atoms with van der Waals surface area (Å²) in [5, 5.41) is 0. The number of unbranched alkanes of at least 4 members (excludes halogenated alkanes) is 1. The van der Waals surface area contributed by atoms with Gasteiger partial charge in [0, 0.05) is 35.3 Å². The highest BCUT2D eigenvalue weighted by Gasteiger charge is 2.15. The van der Waals surface area contributed by atoms with E-state index in [-0.39, 0.29) is 5.91 Å². The number of pyridine rings is 1. The third-order valence-electron chi connectivity index (χ3n) is 3.74. The van der Waals surface area contributed by atoms with Crippen molar-refractivity contribution < 1.29 is 9.53 Å². The molecule has 0 fully saturated rings. The van der Waals surface area contributed by atoms with E-state index in [1.54, 1.807) is 18.0 Å². The molecule has 0 bridgehead atoms. The largest absolute Gasteiger partial charge is 0.380 e. The number of thioether (sulfide) groups is 1. The molecule has 4 nitrogen and oxygen atoms in total. The highest BCUT2D eigenvalue weighted by atomic mass is 79.9. The molecule has 6 heteroatoms. The molecule has 0 N–H and O–H groups in total. The molecule has 0 saturated heterocycles. The summed E-state index contributed by atoms with van der Waals surface area (Å²) < 4.78 is 6.65. The summed E-state index contributed by atoms with van der Waals surface area (Å²) in [7, 11) is 0. The first-order valence-electron chi connectivity index (χ1n) is 8.82. The molecule has 140 valence electrons. The lowest BCUT2D eigenvalue weighted by Gasteiger charge is -2.23. The van der Waals surface area contributed by atoms with Crippen LogP contribution in [-0.2, 0) is 15.3 Å². The van der Waals surface area contributed by atoms with Crippen LogP contribution in [0.25, 0.3) is 0 Å². The van der Waals surface area contributed by atoms with Crippen molar-refractivity contribution in [3.63, 3.8) is 0 Å². The maximum absolute atomic E-state index is 12.8. The Morgan fingerprint density at radius 3 is 2.69 bits per heavy atom. The zero-order valence-corrected chi connectivity index (χ0v) is 17.5. The van der Waals surface area contributed by atoms with Gasteiger partial charge in [-0.2, -0.15) is 0 Å². The van der Waals surface area contributed by atoms with E-state index in [0.717, 1.165) is 41.1 Å². The average molecular weight is 437 g/mol. The normalized spacial score (nSPS) is 10.7. The number of halogens is 1. The minimum absolute atomic E-state index is 0.0901. The Morgan fingerprint density at radius 1 is 1.19 bits per heavy atom. The maximum Gasteiger partial charge on any atom is 0.237 e. The van der Waals surface area contributed by atoms with Crippen molar-refractivity contribution in [2.45, 2.75) is 25.5 Å². The van der Waals surface area contributed by atoms with Gasteiger partial charge in [-0.15, -0.1) is 11.8 Å². The smallest absolute Gasteiger partial charge is 0.237 e. The summed E-state index contributed by atoms with van der Waals surface area (Å²) in [4.78, 5) is 18.9. The molecule has 0 aliphatic carbocycles. The Labute approximate surface area is 168 Å². The lowest BCUT2D eigenvalue weighted by Crippen LogP contribution is -2.35. The lowest BCUT2D eigenvalue weighted by molar-refractivity contribution is -0.116. The van der Waals surface area contributed by atoms with Crippen LogP contribution < -0.4 is 4.90 Å². The van der Waals surface area contributed by atoms with E-state index in [9.17, 15) is 4.79 Å². The van der Waals surface area contributed by atoms with Crippen LogP contribution in [0.3, 0.4) is 0 Å². The van der Waals surface area contributed by atoms with Gasteiger partial charge < -0.3 is 9.64 Å². The minimum atomic E-state index is 0.0901. The van der Waals surface area contributed by atoms with E-state index < -0.39 is 0 Å². The molecular formula is C20H25BrN2O2S. The molecule has 0 saturated carbocycles. The molecule has 0 aliphatic rings. The van der Waals surface area contributed by atoms with Crippen LogP contribution in [0.1, 0.15) is 25.5 Å². The molecule has 1 aromatic heterocycles. The summed E-state index contributed by atoms with van der Waals surface area (Å²) in [5.74, 6) is 1.24. The van der Waals surface area contributed by atoms with Gasteiger partial charge >= 0.3 is 0 Å².